The van der Waals surface area contributed by atoms with E-state index in [0.717, 1.165) is 28.3 Å². The summed E-state index contributed by atoms with van der Waals surface area (Å²) in [6.45, 7) is 0. The zero-order chi connectivity index (χ0) is 13.5. The molecule has 0 amide bonds. The number of thiazole rings is 1. The molecule has 0 fully saturated rings. The van der Waals surface area contributed by atoms with Gasteiger partial charge in [-0.2, -0.15) is 0 Å². The summed E-state index contributed by atoms with van der Waals surface area (Å²) >= 11 is 1.75. The molecule has 4 aromatic rings. The van der Waals surface area contributed by atoms with E-state index in [0.29, 0.717) is 0 Å². The number of imidazole rings is 1. The lowest BCUT2D eigenvalue weighted by atomic mass is 10.3. The Morgan fingerprint density at radius 1 is 0.950 bits per heavy atom. The zero-order valence-corrected chi connectivity index (χ0v) is 11.9. The monoisotopic (exact) mass is 279 g/mol. The summed E-state index contributed by atoms with van der Waals surface area (Å²) < 4.78 is 3.39. The molecule has 0 N–H and O–H groups in total. The Morgan fingerprint density at radius 3 is 2.50 bits per heavy atom. The molecule has 0 saturated heterocycles. The van der Waals surface area contributed by atoms with Gasteiger partial charge in [-0.1, -0.05) is 24.3 Å². The highest BCUT2D eigenvalue weighted by atomic mass is 32.1. The summed E-state index contributed by atoms with van der Waals surface area (Å²) in [5.74, 6) is 1.06. The molecule has 20 heavy (non-hydrogen) atoms. The third-order valence-electron chi connectivity index (χ3n) is 3.53. The lowest BCUT2D eigenvalue weighted by Crippen LogP contribution is -1.98. The van der Waals surface area contributed by atoms with Crippen molar-refractivity contribution in [2.75, 3.05) is 0 Å². The molecule has 4 heteroatoms. The number of aromatic nitrogens is 3. The maximum Gasteiger partial charge on any atom is 0.116 e. The Bertz CT molecular complexity index is 871. The van der Waals surface area contributed by atoms with Gasteiger partial charge in [0.25, 0.3) is 0 Å². The van der Waals surface area contributed by atoms with Crippen molar-refractivity contribution in [3.05, 3.63) is 59.4 Å². The van der Waals surface area contributed by atoms with Crippen molar-refractivity contribution in [3.63, 3.8) is 0 Å². The van der Waals surface area contributed by atoms with Crippen molar-refractivity contribution in [2.45, 2.75) is 6.42 Å². The van der Waals surface area contributed by atoms with Crippen LogP contribution < -0.4 is 0 Å². The van der Waals surface area contributed by atoms with Crippen LogP contribution in [0.4, 0.5) is 0 Å². The maximum absolute atomic E-state index is 4.71. The number of aryl methyl sites for hydroxylation is 1. The van der Waals surface area contributed by atoms with Gasteiger partial charge < -0.3 is 4.57 Å². The van der Waals surface area contributed by atoms with E-state index >= 15 is 0 Å². The number of nitrogens with zero attached hydrogens (tertiary/aromatic N) is 3. The number of rotatable bonds is 2. The highest BCUT2D eigenvalue weighted by Gasteiger charge is 2.10. The number of benzene rings is 2. The van der Waals surface area contributed by atoms with Crippen molar-refractivity contribution in [3.8, 4) is 0 Å². The SMILES string of the molecule is Cn1c(Cc2nc3ccccc3s2)nc2ccccc21. The first-order valence-electron chi connectivity index (χ1n) is 6.56. The van der Waals surface area contributed by atoms with Crippen molar-refractivity contribution in [2.24, 2.45) is 7.05 Å². The molecule has 0 aliphatic carbocycles. The van der Waals surface area contributed by atoms with Crippen LogP contribution in [0.3, 0.4) is 0 Å². The molecule has 0 bridgehead atoms. The van der Waals surface area contributed by atoms with E-state index in [1.54, 1.807) is 11.3 Å². The van der Waals surface area contributed by atoms with E-state index in [1.165, 1.54) is 10.2 Å². The molecule has 98 valence electrons. The van der Waals surface area contributed by atoms with E-state index < -0.39 is 0 Å². The fraction of sp³-hybridized carbons (Fsp3) is 0.125. The molecule has 0 atom stereocenters. The minimum absolute atomic E-state index is 0.782. The predicted octanol–water partition coefficient (Wildman–Crippen LogP) is 3.77. The van der Waals surface area contributed by atoms with Gasteiger partial charge in [-0.25, -0.2) is 9.97 Å². The average Bonchev–Trinajstić information content (AvgIpc) is 3.01. The summed E-state index contributed by atoms with van der Waals surface area (Å²) in [6.07, 6.45) is 0.782. The van der Waals surface area contributed by atoms with Gasteiger partial charge >= 0.3 is 0 Å². The van der Waals surface area contributed by atoms with Crippen LogP contribution in [-0.4, -0.2) is 14.5 Å². The second kappa shape index (κ2) is 4.42. The third-order valence-corrected chi connectivity index (χ3v) is 4.56. The molecule has 2 aromatic heterocycles. The first kappa shape index (κ1) is 11.6. The van der Waals surface area contributed by atoms with E-state index in [1.807, 2.05) is 18.2 Å². The fourth-order valence-corrected chi connectivity index (χ4v) is 3.45. The molecular formula is C16H13N3S. The number of hydrogen-bond acceptors (Lipinski definition) is 3. The molecule has 4 rings (SSSR count). The molecule has 3 nitrogen and oxygen atoms in total. The van der Waals surface area contributed by atoms with Crippen LogP contribution in [0, 0.1) is 0 Å². The van der Waals surface area contributed by atoms with Crippen LogP contribution in [-0.2, 0) is 13.5 Å². The normalized spacial score (nSPS) is 11.4. The van der Waals surface area contributed by atoms with Crippen LogP contribution in [0.2, 0.25) is 0 Å². The third kappa shape index (κ3) is 1.80. The second-order valence-corrected chi connectivity index (χ2v) is 5.94. The van der Waals surface area contributed by atoms with E-state index in [2.05, 4.69) is 46.9 Å². The minimum Gasteiger partial charge on any atom is -0.331 e. The summed E-state index contributed by atoms with van der Waals surface area (Å²) in [4.78, 5) is 9.39. The van der Waals surface area contributed by atoms with Gasteiger partial charge in [0.05, 0.1) is 27.7 Å². The van der Waals surface area contributed by atoms with E-state index in [9.17, 15) is 0 Å². The molecule has 2 aromatic carbocycles. The quantitative estimate of drug-likeness (QED) is 0.559. The fourth-order valence-electron chi connectivity index (χ4n) is 2.48. The topological polar surface area (TPSA) is 30.7 Å². The zero-order valence-electron chi connectivity index (χ0n) is 11.1. The molecular weight excluding hydrogens is 266 g/mol. The van der Waals surface area contributed by atoms with Gasteiger partial charge in [-0.15, -0.1) is 11.3 Å². The van der Waals surface area contributed by atoms with Crippen molar-refractivity contribution >= 4 is 32.6 Å². The van der Waals surface area contributed by atoms with Crippen LogP contribution in [0.25, 0.3) is 21.3 Å². The highest BCUT2D eigenvalue weighted by molar-refractivity contribution is 7.18. The number of fused-ring (bicyclic) bond motifs is 2. The lowest BCUT2D eigenvalue weighted by molar-refractivity contribution is 0.842. The standard InChI is InChI=1S/C16H13N3S/c1-19-13-8-4-2-6-11(13)17-15(19)10-16-18-12-7-3-5-9-14(12)20-16/h2-9H,10H2,1H3. The number of para-hydroxylation sites is 3. The molecule has 0 spiro atoms. The average molecular weight is 279 g/mol. The summed E-state index contributed by atoms with van der Waals surface area (Å²) in [5, 5.41) is 1.12. The van der Waals surface area contributed by atoms with Gasteiger partial charge in [0.2, 0.25) is 0 Å². The van der Waals surface area contributed by atoms with Crippen LogP contribution in [0.15, 0.2) is 48.5 Å². The second-order valence-electron chi connectivity index (χ2n) is 4.83. The molecule has 0 saturated carbocycles. The van der Waals surface area contributed by atoms with Gasteiger partial charge in [0.1, 0.15) is 10.8 Å². The molecule has 0 unspecified atom stereocenters. The Labute approximate surface area is 120 Å². The Kier molecular flexibility index (Phi) is 2.57. The lowest BCUT2D eigenvalue weighted by Gasteiger charge is -1.99. The van der Waals surface area contributed by atoms with Crippen LogP contribution in [0.1, 0.15) is 10.8 Å². The van der Waals surface area contributed by atoms with E-state index in [-0.39, 0.29) is 0 Å². The van der Waals surface area contributed by atoms with Gasteiger partial charge in [-0.3, -0.25) is 0 Å². The Morgan fingerprint density at radius 2 is 1.70 bits per heavy atom. The first-order chi connectivity index (χ1) is 9.81. The maximum atomic E-state index is 4.71. The first-order valence-corrected chi connectivity index (χ1v) is 7.38. The number of hydrogen-bond donors (Lipinski definition) is 0. The largest absolute Gasteiger partial charge is 0.331 e. The van der Waals surface area contributed by atoms with Crippen molar-refractivity contribution in [1.82, 2.24) is 14.5 Å². The van der Waals surface area contributed by atoms with Gasteiger partial charge in [0.15, 0.2) is 0 Å². The summed E-state index contributed by atoms with van der Waals surface area (Å²) in [5.41, 5.74) is 3.29. The Hall–Kier alpha value is -2.20. The summed E-state index contributed by atoms with van der Waals surface area (Å²) in [7, 11) is 2.07. The van der Waals surface area contributed by atoms with Crippen LogP contribution >= 0.6 is 11.3 Å². The van der Waals surface area contributed by atoms with Crippen molar-refractivity contribution < 1.29 is 0 Å². The molecule has 2 heterocycles. The predicted molar refractivity (Wildman–Crippen MR) is 83.1 cm³/mol. The van der Waals surface area contributed by atoms with Gasteiger partial charge in [-0.05, 0) is 24.3 Å². The smallest absolute Gasteiger partial charge is 0.116 e. The minimum atomic E-state index is 0.782. The van der Waals surface area contributed by atoms with Gasteiger partial charge in [0, 0.05) is 7.05 Å². The Balaban J connectivity index is 1.78. The van der Waals surface area contributed by atoms with Crippen molar-refractivity contribution in [1.29, 1.82) is 0 Å². The molecule has 0 aliphatic heterocycles. The molecule has 0 aliphatic rings. The van der Waals surface area contributed by atoms with E-state index in [4.69, 9.17) is 4.98 Å². The summed E-state index contributed by atoms with van der Waals surface area (Å²) in [6, 6.07) is 16.5. The highest BCUT2D eigenvalue weighted by Crippen LogP contribution is 2.24. The molecule has 0 radical (unpaired) electrons. The van der Waals surface area contributed by atoms with Crippen LogP contribution in [0.5, 0.6) is 0 Å².